The molecule has 3 aromatic rings. The van der Waals surface area contributed by atoms with Crippen molar-refractivity contribution in [2.75, 3.05) is 17.4 Å². The molecule has 0 unspecified atom stereocenters. The molecule has 41 heavy (non-hydrogen) atoms. The Labute approximate surface area is 245 Å². The summed E-state index contributed by atoms with van der Waals surface area (Å²) in [5, 5.41) is 2.97. The van der Waals surface area contributed by atoms with Crippen LogP contribution >= 0.6 is 0 Å². The molecule has 0 saturated heterocycles. The quantitative estimate of drug-likeness (QED) is 0.285. The number of nitrogens with one attached hydrogen (secondary N) is 1. The fraction of sp³-hybridized carbons (Fsp3) is 0.394. The minimum Gasteiger partial charge on any atom is -0.354 e. The van der Waals surface area contributed by atoms with Gasteiger partial charge in [-0.15, -0.1) is 0 Å². The van der Waals surface area contributed by atoms with Crippen LogP contribution in [0.4, 0.5) is 5.69 Å². The molecule has 3 aromatic carbocycles. The highest BCUT2D eigenvalue weighted by Gasteiger charge is 2.34. The van der Waals surface area contributed by atoms with E-state index in [9.17, 15) is 18.0 Å². The Hall–Kier alpha value is -3.65. The van der Waals surface area contributed by atoms with Gasteiger partial charge in [0.25, 0.3) is 10.0 Å². The van der Waals surface area contributed by atoms with Crippen molar-refractivity contribution < 1.29 is 18.0 Å². The number of hydrogen-bond acceptors (Lipinski definition) is 4. The second-order valence-electron chi connectivity index (χ2n) is 10.9. The SMILES string of the molecule is CCc1ccccc1N(CC(=O)N(Cc1cccc(C)c1)[C@H](CC)C(=O)NCC(C)C)S(=O)(=O)c1ccc(C)cc1. The molecule has 0 heterocycles. The van der Waals surface area contributed by atoms with E-state index in [1.807, 2.05) is 77.9 Å². The molecule has 8 heteroatoms. The smallest absolute Gasteiger partial charge is 0.264 e. The molecule has 220 valence electrons. The lowest BCUT2D eigenvalue weighted by Crippen LogP contribution is -2.52. The van der Waals surface area contributed by atoms with Crippen LogP contribution in [-0.2, 0) is 32.6 Å². The molecular weight excluding hydrogens is 534 g/mol. The van der Waals surface area contributed by atoms with Crippen LogP contribution in [-0.4, -0.2) is 44.3 Å². The first-order valence-corrected chi connectivity index (χ1v) is 15.7. The number of rotatable bonds is 13. The van der Waals surface area contributed by atoms with Crippen LogP contribution in [0, 0.1) is 19.8 Å². The normalized spacial score (nSPS) is 12.2. The summed E-state index contributed by atoms with van der Waals surface area (Å²) in [5.41, 5.74) is 4.10. The van der Waals surface area contributed by atoms with E-state index in [2.05, 4.69) is 5.32 Å². The van der Waals surface area contributed by atoms with Crippen LogP contribution in [0.3, 0.4) is 0 Å². The molecule has 0 aliphatic rings. The fourth-order valence-electron chi connectivity index (χ4n) is 4.75. The minimum atomic E-state index is -4.10. The Morgan fingerprint density at radius 1 is 0.878 bits per heavy atom. The third-order valence-electron chi connectivity index (χ3n) is 7.03. The minimum absolute atomic E-state index is 0.105. The number of sulfonamides is 1. The third kappa shape index (κ3) is 8.19. The molecular formula is C33H43N3O4S. The van der Waals surface area contributed by atoms with Crippen molar-refractivity contribution in [1.82, 2.24) is 10.2 Å². The van der Waals surface area contributed by atoms with Crippen LogP contribution in [0.25, 0.3) is 0 Å². The van der Waals surface area contributed by atoms with Crippen molar-refractivity contribution >= 4 is 27.5 Å². The van der Waals surface area contributed by atoms with Crippen LogP contribution in [0.5, 0.6) is 0 Å². The van der Waals surface area contributed by atoms with E-state index in [-0.39, 0.29) is 23.3 Å². The van der Waals surface area contributed by atoms with Crippen molar-refractivity contribution in [3.05, 3.63) is 95.1 Å². The number of carbonyl (C=O) groups excluding carboxylic acids is 2. The van der Waals surface area contributed by atoms with Gasteiger partial charge in [0.1, 0.15) is 12.6 Å². The van der Waals surface area contributed by atoms with Crippen LogP contribution in [0.2, 0.25) is 0 Å². The Bertz CT molecular complexity index is 1430. The zero-order valence-electron chi connectivity index (χ0n) is 25.1. The maximum Gasteiger partial charge on any atom is 0.264 e. The maximum atomic E-state index is 14.2. The van der Waals surface area contributed by atoms with Gasteiger partial charge in [-0.1, -0.05) is 93.4 Å². The number of benzene rings is 3. The first kappa shape index (κ1) is 31.9. The number of aryl methyl sites for hydroxylation is 3. The summed E-state index contributed by atoms with van der Waals surface area (Å²) in [5.74, 6) is -0.443. The summed E-state index contributed by atoms with van der Waals surface area (Å²) >= 11 is 0. The lowest BCUT2D eigenvalue weighted by molar-refractivity contribution is -0.140. The van der Waals surface area contributed by atoms with Crippen molar-refractivity contribution in [3.8, 4) is 0 Å². The summed E-state index contributed by atoms with van der Waals surface area (Å²) in [6.45, 7) is 11.9. The Kier molecular flexibility index (Phi) is 11.1. The molecule has 0 aromatic heterocycles. The van der Waals surface area contributed by atoms with Gasteiger partial charge in [0.05, 0.1) is 10.6 Å². The average molecular weight is 578 g/mol. The van der Waals surface area contributed by atoms with Gasteiger partial charge >= 0.3 is 0 Å². The summed E-state index contributed by atoms with van der Waals surface area (Å²) in [6, 6.07) is 20.9. The second kappa shape index (κ2) is 14.3. The number of hydrogen-bond donors (Lipinski definition) is 1. The van der Waals surface area contributed by atoms with Crippen LogP contribution < -0.4 is 9.62 Å². The van der Waals surface area contributed by atoms with Gasteiger partial charge in [-0.3, -0.25) is 13.9 Å². The van der Waals surface area contributed by atoms with Crippen LogP contribution in [0.1, 0.15) is 56.4 Å². The molecule has 0 bridgehead atoms. The number of carbonyl (C=O) groups is 2. The van der Waals surface area contributed by atoms with E-state index in [1.165, 1.54) is 9.21 Å². The van der Waals surface area contributed by atoms with E-state index in [1.54, 1.807) is 36.4 Å². The molecule has 1 atom stereocenters. The van der Waals surface area contributed by atoms with Crippen molar-refractivity contribution in [2.24, 2.45) is 5.92 Å². The highest BCUT2D eigenvalue weighted by Crippen LogP contribution is 2.28. The molecule has 0 saturated carbocycles. The largest absolute Gasteiger partial charge is 0.354 e. The molecule has 0 fully saturated rings. The molecule has 0 spiro atoms. The molecule has 2 amide bonds. The Morgan fingerprint density at radius 2 is 1.56 bits per heavy atom. The average Bonchev–Trinajstić information content (AvgIpc) is 2.94. The van der Waals surface area contributed by atoms with Crippen molar-refractivity contribution in [3.63, 3.8) is 0 Å². The summed E-state index contributed by atoms with van der Waals surface area (Å²) in [6.07, 6.45) is 0.976. The molecule has 0 aliphatic carbocycles. The zero-order chi connectivity index (χ0) is 30.2. The lowest BCUT2D eigenvalue weighted by atomic mass is 10.1. The van der Waals surface area contributed by atoms with Gasteiger partial charge in [-0.25, -0.2) is 8.42 Å². The monoisotopic (exact) mass is 577 g/mol. The highest BCUT2D eigenvalue weighted by atomic mass is 32.2. The Morgan fingerprint density at radius 3 is 2.17 bits per heavy atom. The van der Waals surface area contributed by atoms with E-state index >= 15 is 0 Å². The molecule has 0 radical (unpaired) electrons. The predicted molar refractivity (Wildman–Crippen MR) is 165 cm³/mol. The zero-order valence-corrected chi connectivity index (χ0v) is 25.9. The first-order valence-electron chi connectivity index (χ1n) is 14.3. The number of para-hydroxylation sites is 1. The van der Waals surface area contributed by atoms with Gasteiger partial charge in [-0.05, 0) is 61.9 Å². The maximum absolute atomic E-state index is 14.2. The van der Waals surface area contributed by atoms with Crippen LogP contribution in [0.15, 0.2) is 77.7 Å². The number of nitrogens with zero attached hydrogens (tertiary/aromatic N) is 2. The second-order valence-corrected chi connectivity index (χ2v) is 12.7. The third-order valence-corrected chi connectivity index (χ3v) is 8.81. The summed E-state index contributed by atoms with van der Waals surface area (Å²) < 4.78 is 29.4. The van der Waals surface area contributed by atoms with E-state index in [0.717, 1.165) is 22.3 Å². The van der Waals surface area contributed by atoms with Gasteiger partial charge < -0.3 is 10.2 Å². The van der Waals surface area contributed by atoms with Crippen molar-refractivity contribution in [2.45, 2.75) is 71.9 Å². The summed E-state index contributed by atoms with van der Waals surface area (Å²) in [4.78, 5) is 29.2. The van der Waals surface area contributed by atoms with Gasteiger partial charge in [0, 0.05) is 13.1 Å². The van der Waals surface area contributed by atoms with Gasteiger partial charge in [0.15, 0.2) is 0 Å². The molecule has 3 rings (SSSR count). The lowest BCUT2D eigenvalue weighted by Gasteiger charge is -2.34. The van der Waals surface area contributed by atoms with E-state index < -0.39 is 28.5 Å². The molecule has 1 N–H and O–H groups in total. The van der Waals surface area contributed by atoms with Gasteiger partial charge in [0.2, 0.25) is 11.8 Å². The van der Waals surface area contributed by atoms with E-state index in [0.29, 0.717) is 25.1 Å². The first-order chi connectivity index (χ1) is 19.5. The molecule has 0 aliphatic heterocycles. The van der Waals surface area contributed by atoms with E-state index in [4.69, 9.17) is 0 Å². The fourth-order valence-corrected chi connectivity index (χ4v) is 6.21. The Balaban J connectivity index is 2.08. The summed E-state index contributed by atoms with van der Waals surface area (Å²) in [7, 11) is -4.10. The van der Waals surface area contributed by atoms with Gasteiger partial charge in [-0.2, -0.15) is 0 Å². The van der Waals surface area contributed by atoms with Crippen molar-refractivity contribution in [1.29, 1.82) is 0 Å². The predicted octanol–water partition coefficient (Wildman–Crippen LogP) is 5.64. The number of amides is 2. The topological polar surface area (TPSA) is 86.8 Å². The standard InChI is InChI=1S/C33H43N3O4S/c1-7-28-14-9-10-15-31(28)36(41(39,40)29-18-16-25(5)17-19-29)23-32(37)35(22-27-13-11-12-26(6)20-27)30(8-2)33(38)34-21-24(3)4/h9-20,24,30H,7-8,21-23H2,1-6H3,(H,34,38)/t30-/m1/s1. The molecule has 7 nitrogen and oxygen atoms in total. The number of anilines is 1. The highest BCUT2D eigenvalue weighted by molar-refractivity contribution is 7.92.